The van der Waals surface area contributed by atoms with E-state index in [2.05, 4.69) is 6.92 Å². The van der Waals surface area contributed by atoms with E-state index in [1.54, 1.807) is 0 Å². The van der Waals surface area contributed by atoms with Gasteiger partial charge in [0.25, 0.3) is 0 Å². The Labute approximate surface area is 105 Å². The second-order valence-corrected chi connectivity index (χ2v) is 5.67. The van der Waals surface area contributed by atoms with Gasteiger partial charge in [0, 0.05) is 6.92 Å². The molecule has 0 radical (unpaired) electrons. The Hall–Kier alpha value is -0.610. The van der Waals surface area contributed by atoms with Crippen LogP contribution in [-0.4, -0.2) is 30.1 Å². The Balaban J connectivity index is 0.000000304. The Morgan fingerprint density at radius 2 is 1.88 bits per heavy atom. The van der Waals surface area contributed by atoms with Crippen molar-refractivity contribution in [2.24, 2.45) is 0 Å². The quantitative estimate of drug-likeness (QED) is 0.616. The molecule has 1 saturated heterocycles. The molecule has 1 unspecified atom stereocenters. The number of esters is 1. The summed E-state index contributed by atoms with van der Waals surface area (Å²) >= 11 is 0. The molecule has 0 saturated carbocycles. The molecular weight excluding hydrogens is 220 g/mol. The number of carbonyl (C=O) groups is 1. The van der Waals surface area contributed by atoms with Gasteiger partial charge < -0.3 is 14.2 Å². The van der Waals surface area contributed by atoms with Crippen molar-refractivity contribution in [3.8, 4) is 0 Å². The Kier molecular flexibility index (Phi) is 6.13. The molecule has 0 bridgehead atoms. The maximum Gasteiger partial charge on any atom is 0.303 e. The lowest BCUT2D eigenvalue weighted by atomic mass is 10.2. The first-order valence-corrected chi connectivity index (χ1v) is 6.03. The van der Waals surface area contributed by atoms with E-state index in [0.717, 1.165) is 13.0 Å². The van der Waals surface area contributed by atoms with Crippen LogP contribution in [0.4, 0.5) is 0 Å². The first-order valence-electron chi connectivity index (χ1n) is 6.03. The van der Waals surface area contributed by atoms with Crippen molar-refractivity contribution in [1.82, 2.24) is 0 Å². The van der Waals surface area contributed by atoms with E-state index in [9.17, 15) is 4.79 Å². The zero-order chi connectivity index (χ0) is 13.7. The number of hydrogen-bond donors (Lipinski definition) is 0. The molecule has 0 amide bonds. The average molecular weight is 246 g/mol. The smallest absolute Gasteiger partial charge is 0.303 e. The van der Waals surface area contributed by atoms with Gasteiger partial charge in [-0.25, -0.2) is 0 Å². The molecule has 0 spiro atoms. The van der Waals surface area contributed by atoms with E-state index in [-0.39, 0.29) is 17.4 Å². The molecule has 1 fully saturated rings. The van der Waals surface area contributed by atoms with Crippen LogP contribution in [0.25, 0.3) is 0 Å². The van der Waals surface area contributed by atoms with Gasteiger partial charge in [0.05, 0.1) is 12.7 Å². The largest absolute Gasteiger partial charge is 0.460 e. The van der Waals surface area contributed by atoms with Crippen LogP contribution in [0.1, 0.15) is 54.9 Å². The van der Waals surface area contributed by atoms with Crippen molar-refractivity contribution < 1.29 is 19.0 Å². The summed E-state index contributed by atoms with van der Waals surface area (Å²) in [5, 5.41) is 0. The van der Waals surface area contributed by atoms with Gasteiger partial charge in [0.1, 0.15) is 5.60 Å². The summed E-state index contributed by atoms with van der Waals surface area (Å²) in [6.45, 7) is 13.7. The molecule has 1 aliphatic heterocycles. The highest BCUT2D eigenvalue weighted by Gasteiger charge is 2.26. The van der Waals surface area contributed by atoms with Crippen LogP contribution in [0.2, 0.25) is 0 Å². The van der Waals surface area contributed by atoms with E-state index < -0.39 is 0 Å². The van der Waals surface area contributed by atoms with Crippen LogP contribution in [0.5, 0.6) is 0 Å². The van der Waals surface area contributed by atoms with Crippen molar-refractivity contribution in [3.63, 3.8) is 0 Å². The molecule has 102 valence electrons. The molecule has 1 rings (SSSR count). The van der Waals surface area contributed by atoms with Gasteiger partial charge in [-0.15, -0.1) is 0 Å². The third-order valence-corrected chi connectivity index (χ3v) is 1.91. The summed E-state index contributed by atoms with van der Waals surface area (Å²) < 4.78 is 15.6. The van der Waals surface area contributed by atoms with Gasteiger partial charge in [-0.3, -0.25) is 4.79 Å². The van der Waals surface area contributed by atoms with E-state index in [1.165, 1.54) is 6.92 Å². The van der Waals surface area contributed by atoms with Crippen LogP contribution in [0.15, 0.2) is 0 Å². The lowest BCUT2D eigenvalue weighted by Crippen LogP contribution is -2.38. The fourth-order valence-corrected chi connectivity index (χ4v) is 1.48. The summed E-state index contributed by atoms with van der Waals surface area (Å²) in [6, 6.07) is 0. The van der Waals surface area contributed by atoms with Gasteiger partial charge in [-0.1, -0.05) is 0 Å². The summed E-state index contributed by atoms with van der Waals surface area (Å²) in [7, 11) is 0. The first kappa shape index (κ1) is 16.4. The van der Waals surface area contributed by atoms with Crippen molar-refractivity contribution in [3.05, 3.63) is 0 Å². The van der Waals surface area contributed by atoms with Crippen LogP contribution < -0.4 is 0 Å². The van der Waals surface area contributed by atoms with Gasteiger partial charge in [-0.2, -0.15) is 0 Å². The molecule has 0 N–H and O–H groups in total. The number of carbonyl (C=O) groups excluding carboxylic acids is 1. The second kappa shape index (κ2) is 6.36. The first-order chi connectivity index (χ1) is 7.52. The highest BCUT2D eigenvalue weighted by Crippen LogP contribution is 2.20. The standard InChI is InChI=1S/C7H14O2.C6H12O2/c1-6-4-5-8-7(2,3)9-6;1-5(7)8-6(2,3)4/h6H,4-5H2,1-3H3;1-4H3. The molecule has 1 atom stereocenters. The van der Waals surface area contributed by atoms with E-state index in [4.69, 9.17) is 14.2 Å². The molecule has 0 aromatic heterocycles. The number of hydrogen-bond acceptors (Lipinski definition) is 4. The topological polar surface area (TPSA) is 44.8 Å². The van der Waals surface area contributed by atoms with Crippen LogP contribution in [0, 0.1) is 0 Å². The summed E-state index contributed by atoms with van der Waals surface area (Å²) in [4.78, 5) is 10.2. The fraction of sp³-hybridized carbons (Fsp3) is 0.923. The molecule has 0 aromatic rings. The molecule has 17 heavy (non-hydrogen) atoms. The lowest BCUT2D eigenvalue weighted by Gasteiger charge is -2.34. The third-order valence-electron chi connectivity index (χ3n) is 1.91. The minimum atomic E-state index is -0.350. The van der Waals surface area contributed by atoms with E-state index in [1.807, 2.05) is 34.6 Å². The zero-order valence-corrected chi connectivity index (χ0v) is 12.1. The van der Waals surface area contributed by atoms with Crippen molar-refractivity contribution in [2.45, 2.75) is 72.4 Å². The highest BCUT2D eigenvalue weighted by atomic mass is 16.7. The predicted octanol–water partition coefficient (Wildman–Crippen LogP) is 2.90. The fourth-order valence-electron chi connectivity index (χ4n) is 1.48. The summed E-state index contributed by atoms with van der Waals surface area (Å²) in [5.74, 6) is -0.574. The van der Waals surface area contributed by atoms with Gasteiger partial charge in [0.2, 0.25) is 0 Å². The molecule has 0 aromatic carbocycles. The van der Waals surface area contributed by atoms with Gasteiger partial charge in [-0.05, 0) is 48.0 Å². The minimum Gasteiger partial charge on any atom is -0.460 e. The van der Waals surface area contributed by atoms with Crippen molar-refractivity contribution in [2.75, 3.05) is 6.61 Å². The second-order valence-electron chi connectivity index (χ2n) is 5.67. The number of ether oxygens (including phenoxy) is 3. The normalized spacial score (nSPS) is 23.4. The maximum atomic E-state index is 10.2. The molecule has 1 heterocycles. The summed E-state index contributed by atoms with van der Waals surface area (Å²) in [5.41, 5.74) is -0.328. The Morgan fingerprint density at radius 3 is 2.06 bits per heavy atom. The molecule has 0 aliphatic carbocycles. The molecule has 4 heteroatoms. The van der Waals surface area contributed by atoms with Crippen LogP contribution >= 0.6 is 0 Å². The molecule has 4 nitrogen and oxygen atoms in total. The predicted molar refractivity (Wildman–Crippen MR) is 66.7 cm³/mol. The van der Waals surface area contributed by atoms with Crippen molar-refractivity contribution in [1.29, 1.82) is 0 Å². The van der Waals surface area contributed by atoms with E-state index >= 15 is 0 Å². The van der Waals surface area contributed by atoms with Crippen LogP contribution in [0.3, 0.4) is 0 Å². The molecular formula is C13H26O4. The average Bonchev–Trinajstić information content (AvgIpc) is 1.96. The maximum absolute atomic E-state index is 10.2. The zero-order valence-electron chi connectivity index (χ0n) is 12.1. The number of rotatable bonds is 0. The SMILES string of the molecule is CC(=O)OC(C)(C)C.CC1CCOC(C)(C)O1. The Bertz CT molecular complexity index is 240. The minimum absolute atomic E-state index is 0.225. The third kappa shape index (κ3) is 10.3. The van der Waals surface area contributed by atoms with E-state index in [0.29, 0.717) is 6.10 Å². The van der Waals surface area contributed by atoms with Crippen LogP contribution in [-0.2, 0) is 19.0 Å². The van der Waals surface area contributed by atoms with Gasteiger partial charge in [0.15, 0.2) is 5.79 Å². The Morgan fingerprint density at radius 1 is 1.35 bits per heavy atom. The monoisotopic (exact) mass is 246 g/mol. The van der Waals surface area contributed by atoms with Crippen molar-refractivity contribution >= 4 is 5.97 Å². The summed E-state index contributed by atoms with van der Waals surface area (Å²) in [6.07, 6.45) is 1.37. The highest BCUT2D eigenvalue weighted by molar-refractivity contribution is 5.66. The van der Waals surface area contributed by atoms with Gasteiger partial charge >= 0.3 is 5.97 Å². The molecule has 1 aliphatic rings. The lowest BCUT2D eigenvalue weighted by molar-refractivity contribution is -0.268.